The molecule has 3 N–H and O–H groups in total. The Labute approximate surface area is 215 Å². The van der Waals surface area contributed by atoms with Gasteiger partial charge in [-0.15, -0.1) is 10.2 Å². The summed E-state index contributed by atoms with van der Waals surface area (Å²) in [6.07, 6.45) is -5.06. The third-order valence-electron chi connectivity index (χ3n) is 4.43. The Kier molecular flexibility index (Phi) is 7.24. The van der Waals surface area contributed by atoms with Crippen molar-refractivity contribution in [1.82, 2.24) is 4.98 Å². The first-order chi connectivity index (χ1) is 17.4. The molecule has 37 heavy (non-hydrogen) atoms. The lowest BCUT2D eigenvalue weighted by molar-refractivity contribution is -0.167. The lowest BCUT2D eigenvalue weighted by Gasteiger charge is -2.09. The van der Waals surface area contributed by atoms with Gasteiger partial charge in [-0.25, -0.2) is 13.4 Å². The fraction of sp³-hybridized carbons (Fsp3) is 0.0952. The highest BCUT2D eigenvalue weighted by Crippen LogP contribution is 2.38. The minimum Gasteiger partial charge on any atom is -0.326 e. The van der Waals surface area contributed by atoms with E-state index in [0.29, 0.717) is 25.9 Å². The van der Waals surface area contributed by atoms with Crippen molar-refractivity contribution in [1.29, 1.82) is 0 Å². The molecule has 16 heteroatoms. The topological polar surface area (TPSA) is 142 Å². The molecule has 2 heterocycles. The summed E-state index contributed by atoms with van der Waals surface area (Å²) in [6, 6.07) is 12.7. The molecule has 0 atom stereocenters. The number of azo groups is 1. The molecule has 0 unspecified atom stereocenters. The monoisotopic (exact) mass is 568 g/mol. The number of alkyl halides is 3. The van der Waals surface area contributed by atoms with Crippen molar-refractivity contribution in [3.05, 3.63) is 54.6 Å². The number of carbonyl (C=O) groups is 2. The summed E-state index contributed by atoms with van der Waals surface area (Å²) in [7, 11) is -4.08. The fourth-order valence-corrected chi connectivity index (χ4v) is 6.00. The highest BCUT2D eigenvalue weighted by molar-refractivity contribution is 7.93. The van der Waals surface area contributed by atoms with E-state index in [0.717, 1.165) is 35.6 Å². The molecule has 4 rings (SSSR count). The molecule has 0 fully saturated rings. The van der Waals surface area contributed by atoms with Gasteiger partial charge in [-0.05, 0) is 54.6 Å². The van der Waals surface area contributed by atoms with Crippen LogP contribution in [-0.4, -0.2) is 31.4 Å². The highest BCUT2D eigenvalue weighted by atomic mass is 32.2. The van der Waals surface area contributed by atoms with E-state index < -0.39 is 22.1 Å². The number of aromatic nitrogens is 1. The van der Waals surface area contributed by atoms with E-state index in [1.54, 1.807) is 35.6 Å². The summed E-state index contributed by atoms with van der Waals surface area (Å²) >= 11 is 2.26. The Bertz CT molecular complexity index is 1560. The van der Waals surface area contributed by atoms with Gasteiger partial charge in [-0.3, -0.25) is 14.3 Å². The van der Waals surface area contributed by atoms with Crippen LogP contribution in [0.25, 0.3) is 9.53 Å². The van der Waals surface area contributed by atoms with Crippen LogP contribution < -0.4 is 15.4 Å². The molecule has 2 aromatic carbocycles. The summed E-state index contributed by atoms with van der Waals surface area (Å²) in [5.41, 5.74) is 0.990. The molecule has 0 saturated carbocycles. The van der Waals surface area contributed by atoms with Gasteiger partial charge in [0.15, 0.2) is 5.13 Å². The molecule has 0 bridgehead atoms. The Balaban J connectivity index is 1.41. The van der Waals surface area contributed by atoms with Crippen molar-refractivity contribution < 1.29 is 31.2 Å². The van der Waals surface area contributed by atoms with E-state index in [9.17, 15) is 31.2 Å². The van der Waals surface area contributed by atoms with Gasteiger partial charge < -0.3 is 10.6 Å². The lowest BCUT2D eigenvalue weighted by Crippen LogP contribution is -2.29. The zero-order valence-electron chi connectivity index (χ0n) is 18.5. The molecule has 192 valence electrons. The van der Waals surface area contributed by atoms with Crippen LogP contribution >= 0.6 is 22.7 Å². The van der Waals surface area contributed by atoms with Crippen molar-refractivity contribution >= 4 is 81.2 Å². The van der Waals surface area contributed by atoms with Crippen molar-refractivity contribution in [3.63, 3.8) is 0 Å². The van der Waals surface area contributed by atoms with Gasteiger partial charge in [0.1, 0.15) is 9.83 Å². The van der Waals surface area contributed by atoms with E-state index in [-0.39, 0.29) is 21.6 Å². The van der Waals surface area contributed by atoms with Crippen LogP contribution in [0, 0.1) is 0 Å². The third kappa shape index (κ3) is 6.66. The first kappa shape index (κ1) is 26.2. The highest BCUT2D eigenvalue weighted by Gasteiger charge is 2.38. The van der Waals surface area contributed by atoms with Crippen LogP contribution in [-0.2, 0) is 19.6 Å². The second-order valence-corrected chi connectivity index (χ2v) is 11.0. The molecule has 0 aliphatic heterocycles. The summed E-state index contributed by atoms with van der Waals surface area (Å²) < 4.78 is 65.3. The maximum Gasteiger partial charge on any atom is 0.471 e. The third-order valence-corrected chi connectivity index (χ3v) is 7.87. The fourth-order valence-electron chi connectivity index (χ4n) is 2.83. The molecule has 0 saturated heterocycles. The number of sulfonamides is 1. The molecule has 0 spiro atoms. The van der Waals surface area contributed by atoms with E-state index in [1.165, 1.54) is 18.3 Å². The number of halogens is 3. The van der Waals surface area contributed by atoms with Gasteiger partial charge in [0, 0.05) is 18.3 Å². The van der Waals surface area contributed by atoms with Crippen LogP contribution in [0.4, 0.5) is 40.4 Å². The van der Waals surface area contributed by atoms with Crippen LogP contribution in [0.5, 0.6) is 0 Å². The van der Waals surface area contributed by atoms with E-state index in [2.05, 4.69) is 25.3 Å². The zero-order chi connectivity index (χ0) is 26.8. The molecule has 0 aliphatic carbocycles. The van der Waals surface area contributed by atoms with Crippen LogP contribution in [0.15, 0.2) is 69.7 Å². The van der Waals surface area contributed by atoms with E-state index in [4.69, 9.17) is 0 Å². The molecule has 2 aromatic heterocycles. The normalized spacial score (nSPS) is 12.1. The molecule has 4 aromatic rings. The van der Waals surface area contributed by atoms with Crippen LogP contribution in [0.2, 0.25) is 0 Å². The zero-order valence-corrected chi connectivity index (χ0v) is 21.0. The predicted molar refractivity (Wildman–Crippen MR) is 134 cm³/mol. The van der Waals surface area contributed by atoms with Crippen LogP contribution in [0.1, 0.15) is 6.92 Å². The number of nitrogens with zero attached hydrogens (tertiary/aromatic N) is 3. The molecule has 2 amide bonds. The first-order valence-corrected chi connectivity index (χ1v) is 13.2. The van der Waals surface area contributed by atoms with Gasteiger partial charge in [-0.1, -0.05) is 22.7 Å². The van der Waals surface area contributed by atoms with Crippen molar-refractivity contribution in [3.8, 4) is 0 Å². The van der Waals surface area contributed by atoms with Gasteiger partial charge >= 0.3 is 12.1 Å². The van der Waals surface area contributed by atoms with Crippen LogP contribution in [0.3, 0.4) is 0 Å². The smallest absolute Gasteiger partial charge is 0.326 e. The maximum atomic E-state index is 12.6. The van der Waals surface area contributed by atoms with Gasteiger partial charge in [0.2, 0.25) is 5.91 Å². The lowest BCUT2D eigenvalue weighted by atomic mass is 10.3. The minimum atomic E-state index is -5.06. The molecule has 10 nitrogen and oxygen atoms in total. The summed E-state index contributed by atoms with van der Waals surface area (Å²) in [5.74, 6) is -2.35. The average molecular weight is 569 g/mol. The van der Waals surface area contributed by atoms with Gasteiger partial charge in [0.05, 0.1) is 15.3 Å². The molecular formula is C21H15F3N6O4S3. The molecule has 0 aliphatic rings. The number of hydrogen-bond acceptors (Lipinski definition) is 9. The Morgan fingerprint density at radius 3 is 2.14 bits per heavy atom. The second kappa shape index (κ2) is 10.2. The SMILES string of the molecule is CC(=O)Nc1ccc(N=Nc2cc3sc(NS(=O)(=O)c4ccc(NC(=O)C(F)(F)F)cc4)nc3s2)cc1. The second-order valence-electron chi connectivity index (χ2n) is 7.28. The number of hydrogen-bond donors (Lipinski definition) is 3. The standard InChI is InChI=1S/C21H15F3N6O4S3/c1-11(31)25-12-2-4-14(5-3-12)28-29-17-10-16-18(36-17)27-20(35-16)30-37(33,34)15-8-6-13(7-9-15)26-19(32)21(22,23)24/h2-10H,1H3,(H,25,31)(H,26,32)(H,27,30). The first-order valence-electron chi connectivity index (χ1n) is 10.1. The number of thiophene rings is 1. The van der Waals surface area contributed by atoms with E-state index >= 15 is 0 Å². The Morgan fingerprint density at radius 2 is 1.54 bits per heavy atom. The van der Waals surface area contributed by atoms with Crippen molar-refractivity contribution in [2.45, 2.75) is 18.0 Å². The maximum absolute atomic E-state index is 12.6. The number of anilines is 3. The summed E-state index contributed by atoms with van der Waals surface area (Å²) in [6.45, 7) is 1.41. The van der Waals surface area contributed by atoms with Crippen molar-refractivity contribution in [2.75, 3.05) is 15.4 Å². The number of rotatable bonds is 7. The number of nitrogens with one attached hydrogen (secondary N) is 3. The number of benzene rings is 2. The largest absolute Gasteiger partial charge is 0.471 e. The molecule has 0 radical (unpaired) electrons. The molecular weight excluding hydrogens is 553 g/mol. The Morgan fingerprint density at radius 1 is 0.919 bits per heavy atom. The van der Waals surface area contributed by atoms with Gasteiger partial charge in [-0.2, -0.15) is 13.2 Å². The number of amides is 2. The number of fused-ring (bicyclic) bond motifs is 1. The van der Waals surface area contributed by atoms with Crippen molar-refractivity contribution in [2.24, 2.45) is 10.2 Å². The predicted octanol–water partition coefficient (Wildman–Crippen LogP) is 6.03. The summed E-state index contributed by atoms with van der Waals surface area (Å²) in [5, 5.41) is 13.2. The number of carbonyl (C=O) groups excluding carboxylic acids is 2. The van der Waals surface area contributed by atoms with E-state index in [1.807, 2.05) is 0 Å². The van der Waals surface area contributed by atoms with Gasteiger partial charge in [0.25, 0.3) is 10.0 Å². The Hall–Kier alpha value is -3.89. The average Bonchev–Trinajstić information content (AvgIpc) is 3.35. The quantitative estimate of drug-likeness (QED) is 0.233. The number of thiazole rings is 1. The minimum absolute atomic E-state index is 0.0905. The summed E-state index contributed by atoms with van der Waals surface area (Å²) in [4.78, 5) is 26.6.